The van der Waals surface area contributed by atoms with Crippen molar-refractivity contribution >= 4 is 5.96 Å². The average Bonchev–Trinajstić information content (AvgIpc) is 3.25. The molecule has 0 aliphatic heterocycles. The van der Waals surface area contributed by atoms with Gasteiger partial charge in [0.25, 0.3) is 0 Å². The van der Waals surface area contributed by atoms with Crippen molar-refractivity contribution in [2.24, 2.45) is 4.99 Å². The van der Waals surface area contributed by atoms with Gasteiger partial charge in [-0.05, 0) is 22.6 Å². The summed E-state index contributed by atoms with van der Waals surface area (Å²) in [5, 5.41) is 10.6. The molecule has 0 saturated carbocycles. The largest absolute Gasteiger partial charge is 0.372 e. The molecule has 0 atom stereocenters. The van der Waals surface area contributed by atoms with Crippen LogP contribution in [-0.4, -0.2) is 18.2 Å². The number of benzene rings is 2. The Labute approximate surface area is 178 Å². The highest BCUT2D eigenvalue weighted by Gasteiger charge is 2.08. The van der Waals surface area contributed by atoms with Crippen molar-refractivity contribution in [1.82, 2.24) is 15.8 Å². The van der Waals surface area contributed by atoms with Gasteiger partial charge in [0.15, 0.2) is 11.7 Å². The molecule has 6 heteroatoms. The quantitative estimate of drug-likeness (QED) is 0.408. The maximum Gasteiger partial charge on any atom is 0.191 e. The molecule has 0 unspecified atom stereocenters. The van der Waals surface area contributed by atoms with Crippen LogP contribution in [0.4, 0.5) is 0 Å². The molecule has 6 nitrogen and oxygen atoms in total. The standard InChI is InChI=1S/C24H30N4O2/c1-18(2)23-13-22(30-28-23)15-27-24(25-3)26-14-19-9-11-21(12-10-19)17-29-16-20-7-5-4-6-8-20/h4-13,18H,14-17H2,1-3H3,(H2,25,26,27). The van der Waals surface area contributed by atoms with Crippen LogP contribution >= 0.6 is 0 Å². The third-order valence-corrected chi connectivity index (χ3v) is 4.69. The molecular formula is C24H30N4O2. The van der Waals surface area contributed by atoms with Crippen molar-refractivity contribution in [3.63, 3.8) is 0 Å². The predicted molar refractivity (Wildman–Crippen MR) is 119 cm³/mol. The molecule has 3 rings (SSSR count). The van der Waals surface area contributed by atoms with Crippen LogP contribution < -0.4 is 10.6 Å². The highest BCUT2D eigenvalue weighted by atomic mass is 16.5. The van der Waals surface area contributed by atoms with Crippen LogP contribution in [0.25, 0.3) is 0 Å². The number of aromatic nitrogens is 1. The summed E-state index contributed by atoms with van der Waals surface area (Å²) >= 11 is 0. The predicted octanol–water partition coefficient (Wildman–Crippen LogP) is 4.38. The number of hydrogen-bond acceptors (Lipinski definition) is 4. The van der Waals surface area contributed by atoms with Crippen LogP contribution in [0, 0.1) is 0 Å². The average molecular weight is 407 g/mol. The normalized spacial score (nSPS) is 11.7. The number of hydrogen-bond donors (Lipinski definition) is 2. The minimum atomic E-state index is 0.353. The second-order valence-corrected chi connectivity index (χ2v) is 7.45. The summed E-state index contributed by atoms with van der Waals surface area (Å²) in [4.78, 5) is 4.26. The Balaban J connectivity index is 1.40. The molecule has 2 aromatic carbocycles. The van der Waals surface area contributed by atoms with Gasteiger partial charge in [-0.1, -0.05) is 73.6 Å². The van der Waals surface area contributed by atoms with E-state index in [4.69, 9.17) is 9.26 Å². The molecule has 0 aliphatic carbocycles. The van der Waals surface area contributed by atoms with E-state index in [1.807, 2.05) is 24.3 Å². The number of aliphatic imine (C=N–C) groups is 1. The van der Waals surface area contributed by atoms with Crippen LogP contribution in [0.5, 0.6) is 0 Å². The minimum absolute atomic E-state index is 0.353. The van der Waals surface area contributed by atoms with Gasteiger partial charge in [-0.3, -0.25) is 4.99 Å². The lowest BCUT2D eigenvalue weighted by molar-refractivity contribution is 0.107. The van der Waals surface area contributed by atoms with Gasteiger partial charge in [0.05, 0.1) is 25.5 Å². The Morgan fingerprint density at radius 2 is 1.57 bits per heavy atom. The van der Waals surface area contributed by atoms with E-state index >= 15 is 0 Å². The fraction of sp³-hybridized carbons (Fsp3) is 0.333. The lowest BCUT2D eigenvalue weighted by atomic mass is 10.1. The lowest BCUT2D eigenvalue weighted by Crippen LogP contribution is -2.36. The summed E-state index contributed by atoms with van der Waals surface area (Å²) in [7, 11) is 1.75. The van der Waals surface area contributed by atoms with Gasteiger partial charge in [0.2, 0.25) is 0 Å². The molecule has 0 amide bonds. The SMILES string of the molecule is CN=C(NCc1ccc(COCc2ccccc2)cc1)NCc1cc(C(C)C)no1. The summed E-state index contributed by atoms with van der Waals surface area (Å²) < 4.78 is 11.1. The summed E-state index contributed by atoms with van der Waals surface area (Å²) in [5.74, 6) is 1.86. The first-order chi connectivity index (χ1) is 14.6. The van der Waals surface area contributed by atoms with E-state index in [0.29, 0.717) is 38.2 Å². The summed E-state index contributed by atoms with van der Waals surface area (Å²) in [5.41, 5.74) is 4.47. The van der Waals surface area contributed by atoms with Gasteiger partial charge in [0, 0.05) is 19.7 Å². The Kier molecular flexibility index (Phi) is 8.03. The smallest absolute Gasteiger partial charge is 0.191 e. The van der Waals surface area contributed by atoms with E-state index in [1.165, 1.54) is 11.1 Å². The number of nitrogens with zero attached hydrogens (tertiary/aromatic N) is 2. The molecule has 0 spiro atoms. The van der Waals surface area contributed by atoms with E-state index in [0.717, 1.165) is 17.0 Å². The Hall–Kier alpha value is -3.12. The Morgan fingerprint density at radius 1 is 0.933 bits per heavy atom. The minimum Gasteiger partial charge on any atom is -0.372 e. The molecule has 0 fully saturated rings. The number of guanidine groups is 1. The van der Waals surface area contributed by atoms with E-state index in [9.17, 15) is 0 Å². The van der Waals surface area contributed by atoms with Crippen molar-refractivity contribution in [1.29, 1.82) is 0 Å². The molecule has 1 heterocycles. The molecule has 158 valence electrons. The van der Waals surface area contributed by atoms with E-state index in [-0.39, 0.29) is 0 Å². The second kappa shape index (κ2) is 11.2. The molecule has 30 heavy (non-hydrogen) atoms. The van der Waals surface area contributed by atoms with Crippen molar-refractivity contribution < 1.29 is 9.26 Å². The van der Waals surface area contributed by atoms with Gasteiger partial charge in [-0.15, -0.1) is 0 Å². The third-order valence-electron chi connectivity index (χ3n) is 4.69. The molecule has 0 bridgehead atoms. The van der Waals surface area contributed by atoms with Crippen LogP contribution in [0.15, 0.2) is 70.2 Å². The molecule has 2 N–H and O–H groups in total. The van der Waals surface area contributed by atoms with Crippen LogP contribution in [0.3, 0.4) is 0 Å². The molecule has 1 aromatic heterocycles. The van der Waals surface area contributed by atoms with Gasteiger partial charge < -0.3 is 19.9 Å². The number of rotatable bonds is 9. The number of nitrogens with one attached hydrogen (secondary N) is 2. The fourth-order valence-corrected chi connectivity index (χ4v) is 2.88. The molecule has 0 saturated heterocycles. The monoisotopic (exact) mass is 406 g/mol. The number of ether oxygens (including phenoxy) is 1. The Bertz CT molecular complexity index is 918. The highest BCUT2D eigenvalue weighted by molar-refractivity contribution is 5.79. The van der Waals surface area contributed by atoms with Gasteiger partial charge >= 0.3 is 0 Å². The molecular weight excluding hydrogens is 376 g/mol. The first kappa shape index (κ1) is 21.6. The van der Waals surface area contributed by atoms with Crippen molar-refractivity contribution in [3.8, 4) is 0 Å². The van der Waals surface area contributed by atoms with Crippen LogP contribution in [0.2, 0.25) is 0 Å². The van der Waals surface area contributed by atoms with Gasteiger partial charge in [0.1, 0.15) is 0 Å². The highest BCUT2D eigenvalue weighted by Crippen LogP contribution is 2.13. The van der Waals surface area contributed by atoms with Gasteiger partial charge in [-0.25, -0.2) is 0 Å². The van der Waals surface area contributed by atoms with Crippen LogP contribution in [0.1, 0.15) is 47.9 Å². The first-order valence-electron chi connectivity index (χ1n) is 10.2. The van der Waals surface area contributed by atoms with Crippen molar-refractivity contribution in [2.45, 2.75) is 46.1 Å². The van der Waals surface area contributed by atoms with E-state index in [1.54, 1.807) is 7.05 Å². The maximum absolute atomic E-state index is 5.79. The summed E-state index contributed by atoms with van der Waals surface area (Å²) in [6.45, 7) is 6.62. The molecule has 3 aromatic rings. The van der Waals surface area contributed by atoms with Crippen molar-refractivity contribution in [2.75, 3.05) is 7.05 Å². The van der Waals surface area contributed by atoms with E-state index < -0.39 is 0 Å². The summed E-state index contributed by atoms with van der Waals surface area (Å²) in [6, 6.07) is 20.6. The van der Waals surface area contributed by atoms with E-state index in [2.05, 4.69) is 71.0 Å². The first-order valence-corrected chi connectivity index (χ1v) is 10.2. The second-order valence-electron chi connectivity index (χ2n) is 7.45. The molecule has 0 aliphatic rings. The third kappa shape index (κ3) is 6.74. The van der Waals surface area contributed by atoms with Crippen molar-refractivity contribution in [3.05, 3.63) is 88.8 Å². The zero-order valence-corrected chi connectivity index (χ0v) is 17.9. The zero-order chi connectivity index (χ0) is 21.2. The summed E-state index contributed by atoms with van der Waals surface area (Å²) in [6.07, 6.45) is 0. The fourth-order valence-electron chi connectivity index (χ4n) is 2.88. The lowest BCUT2D eigenvalue weighted by Gasteiger charge is -2.11. The Morgan fingerprint density at radius 3 is 2.20 bits per heavy atom. The zero-order valence-electron chi connectivity index (χ0n) is 17.9. The van der Waals surface area contributed by atoms with Gasteiger partial charge in [-0.2, -0.15) is 0 Å². The molecule has 0 radical (unpaired) electrons. The van der Waals surface area contributed by atoms with Crippen LogP contribution in [-0.2, 0) is 31.0 Å². The topological polar surface area (TPSA) is 71.7 Å². The maximum atomic E-state index is 5.79.